The molecule has 7 nitrogen and oxygen atoms in total. The van der Waals surface area contributed by atoms with Gasteiger partial charge < -0.3 is 5.32 Å². The lowest BCUT2D eigenvalue weighted by Gasteiger charge is -2.18. The van der Waals surface area contributed by atoms with Crippen molar-refractivity contribution in [2.75, 3.05) is 11.9 Å². The highest BCUT2D eigenvalue weighted by Crippen LogP contribution is 2.27. The van der Waals surface area contributed by atoms with Gasteiger partial charge in [0.2, 0.25) is 0 Å². The van der Waals surface area contributed by atoms with Gasteiger partial charge in [-0.1, -0.05) is 18.9 Å². The van der Waals surface area contributed by atoms with Crippen LogP contribution in [0.15, 0.2) is 29.1 Å². The summed E-state index contributed by atoms with van der Waals surface area (Å²) in [6.45, 7) is 4.96. The average Bonchev–Trinajstić information content (AvgIpc) is 2.98. The van der Waals surface area contributed by atoms with Crippen molar-refractivity contribution in [2.24, 2.45) is 0 Å². The quantitative estimate of drug-likeness (QED) is 0.452. The zero-order chi connectivity index (χ0) is 16.8. The van der Waals surface area contributed by atoms with Crippen LogP contribution in [-0.2, 0) is 4.79 Å². The number of nitro groups is 1. The number of thiazole rings is 1. The molecule has 0 atom stereocenters. The second-order valence-corrected chi connectivity index (χ2v) is 6.37. The Kier molecular flexibility index (Phi) is 5.86. The lowest BCUT2D eigenvalue weighted by Crippen LogP contribution is -2.21. The number of hydrogen-bond acceptors (Lipinski definition) is 6. The van der Waals surface area contributed by atoms with Crippen molar-refractivity contribution in [2.45, 2.75) is 39.5 Å². The predicted octanol–water partition coefficient (Wildman–Crippen LogP) is 3.37. The molecular formula is C15H20N4O3S. The first kappa shape index (κ1) is 17.1. The Labute approximate surface area is 138 Å². The summed E-state index contributed by atoms with van der Waals surface area (Å²) in [4.78, 5) is 26.4. The largest absolute Gasteiger partial charge is 0.388 e. The number of carbonyl (C=O) groups is 1. The second-order valence-electron chi connectivity index (χ2n) is 5.36. The number of anilines is 1. The zero-order valence-corrected chi connectivity index (χ0v) is 14.0. The summed E-state index contributed by atoms with van der Waals surface area (Å²) in [7, 11) is 0. The van der Waals surface area contributed by atoms with E-state index in [0.29, 0.717) is 5.57 Å². The molecule has 23 heavy (non-hydrogen) atoms. The molecule has 2 rings (SSSR count). The van der Waals surface area contributed by atoms with Crippen molar-refractivity contribution in [3.05, 3.63) is 39.2 Å². The molecule has 0 saturated heterocycles. The van der Waals surface area contributed by atoms with E-state index in [1.165, 1.54) is 0 Å². The molecule has 0 aliphatic heterocycles. The summed E-state index contributed by atoms with van der Waals surface area (Å²) in [6, 6.07) is 0. The highest BCUT2D eigenvalue weighted by Gasteiger charge is 2.19. The van der Waals surface area contributed by atoms with Crippen molar-refractivity contribution < 1.29 is 9.72 Å². The number of carbonyl (C=O) groups excluding carboxylic acids is 1. The molecule has 2 N–H and O–H groups in total. The van der Waals surface area contributed by atoms with Gasteiger partial charge in [-0.05, 0) is 43.6 Å². The normalized spacial score (nSPS) is 14.4. The Hall–Kier alpha value is -2.22. The number of allylic oxidation sites excluding steroid dienone is 2. The van der Waals surface area contributed by atoms with Gasteiger partial charge in [0.25, 0.3) is 5.91 Å². The smallest absolute Gasteiger partial charge is 0.345 e. The molecule has 0 saturated carbocycles. The summed E-state index contributed by atoms with van der Waals surface area (Å²) >= 11 is 0.851. The van der Waals surface area contributed by atoms with Crippen LogP contribution in [0.2, 0.25) is 0 Å². The van der Waals surface area contributed by atoms with Crippen LogP contribution in [0.1, 0.15) is 39.5 Å². The number of nitrogens with one attached hydrogen (secondary N) is 2. The van der Waals surface area contributed by atoms with Crippen molar-refractivity contribution in [3.63, 3.8) is 0 Å². The van der Waals surface area contributed by atoms with E-state index in [4.69, 9.17) is 0 Å². The van der Waals surface area contributed by atoms with Crippen molar-refractivity contribution in [1.29, 1.82) is 0 Å². The molecule has 0 aromatic carbocycles. The number of rotatable bonds is 7. The molecule has 0 unspecified atom stereocenters. The van der Waals surface area contributed by atoms with Gasteiger partial charge in [-0.25, -0.2) is 4.98 Å². The molecular weight excluding hydrogens is 316 g/mol. The summed E-state index contributed by atoms with van der Waals surface area (Å²) in [5.41, 5.74) is 2.67. The summed E-state index contributed by atoms with van der Waals surface area (Å²) < 4.78 is 0. The maximum absolute atomic E-state index is 12.4. The zero-order valence-electron chi connectivity index (χ0n) is 13.2. The van der Waals surface area contributed by atoms with E-state index in [1.54, 1.807) is 0 Å². The minimum Gasteiger partial charge on any atom is -0.388 e. The van der Waals surface area contributed by atoms with Crippen LogP contribution < -0.4 is 10.6 Å². The van der Waals surface area contributed by atoms with Gasteiger partial charge in [0.15, 0.2) is 5.13 Å². The molecule has 8 heteroatoms. The SMILES string of the molecule is CCCCNC1=CC(C(=O)Nc2ncc([N+](=O)[O-])s2)=C(C)CC1. The average molecular weight is 336 g/mol. The van der Waals surface area contributed by atoms with Gasteiger partial charge in [-0.15, -0.1) is 0 Å². The molecule has 0 bridgehead atoms. The number of aromatic nitrogens is 1. The standard InChI is InChI=1S/C15H20N4O3S/c1-3-4-7-16-11-6-5-10(2)12(8-11)14(20)18-15-17-9-13(23-15)19(21)22/h8-9,16H,3-7H2,1-2H3,(H,17,18,20). The second kappa shape index (κ2) is 7.87. The molecule has 1 heterocycles. The Bertz CT molecular complexity index is 663. The van der Waals surface area contributed by atoms with Gasteiger partial charge in [0.1, 0.15) is 6.20 Å². The fraction of sp³-hybridized carbons (Fsp3) is 0.467. The van der Waals surface area contributed by atoms with E-state index in [-0.39, 0.29) is 16.0 Å². The summed E-state index contributed by atoms with van der Waals surface area (Å²) in [5, 5.41) is 16.8. The number of nitrogens with zero attached hydrogens (tertiary/aromatic N) is 2. The highest BCUT2D eigenvalue weighted by atomic mass is 32.1. The van der Waals surface area contributed by atoms with Gasteiger partial charge in [-0.2, -0.15) is 0 Å². The van der Waals surface area contributed by atoms with E-state index >= 15 is 0 Å². The van der Waals surface area contributed by atoms with E-state index in [1.807, 2.05) is 13.0 Å². The van der Waals surface area contributed by atoms with Crippen LogP contribution in [0.4, 0.5) is 10.1 Å². The first-order chi connectivity index (χ1) is 11.0. The van der Waals surface area contributed by atoms with Crippen molar-refractivity contribution >= 4 is 27.4 Å². The van der Waals surface area contributed by atoms with Gasteiger partial charge in [-0.3, -0.25) is 20.2 Å². The Balaban J connectivity index is 2.05. The van der Waals surface area contributed by atoms with Crippen LogP contribution in [0.5, 0.6) is 0 Å². The lowest BCUT2D eigenvalue weighted by molar-refractivity contribution is -0.380. The Morgan fingerprint density at radius 3 is 2.91 bits per heavy atom. The molecule has 0 radical (unpaired) electrons. The van der Waals surface area contributed by atoms with Crippen LogP contribution in [0.3, 0.4) is 0 Å². The van der Waals surface area contributed by atoms with Crippen LogP contribution in [0, 0.1) is 10.1 Å². The maximum Gasteiger partial charge on any atom is 0.345 e. The topological polar surface area (TPSA) is 97.2 Å². The van der Waals surface area contributed by atoms with Crippen LogP contribution in [0.25, 0.3) is 0 Å². The lowest BCUT2D eigenvalue weighted by atomic mass is 9.96. The molecule has 0 fully saturated rings. The molecule has 1 amide bonds. The minimum atomic E-state index is -0.520. The fourth-order valence-electron chi connectivity index (χ4n) is 2.22. The fourth-order valence-corrected chi connectivity index (χ4v) is 2.85. The van der Waals surface area contributed by atoms with E-state index in [0.717, 1.165) is 61.0 Å². The van der Waals surface area contributed by atoms with Crippen LogP contribution >= 0.6 is 11.3 Å². The molecule has 1 aromatic heterocycles. The van der Waals surface area contributed by atoms with Gasteiger partial charge in [0, 0.05) is 17.8 Å². The molecule has 1 aliphatic carbocycles. The minimum absolute atomic E-state index is 0.0906. The Morgan fingerprint density at radius 1 is 1.48 bits per heavy atom. The number of amides is 1. The monoisotopic (exact) mass is 336 g/mol. The number of hydrogen-bond donors (Lipinski definition) is 2. The summed E-state index contributed by atoms with van der Waals surface area (Å²) in [6.07, 6.45) is 6.94. The van der Waals surface area contributed by atoms with Crippen LogP contribution in [-0.4, -0.2) is 22.4 Å². The third kappa shape index (κ3) is 4.62. The highest BCUT2D eigenvalue weighted by molar-refractivity contribution is 7.18. The molecule has 124 valence electrons. The predicted molar refractivity (Wildman–Crippen MR) is 90.3 cm³/mol. The van der Waals surface area contributed by atoms with Gasteiger partial charge >= 0.3 is 5.00 Å². The van der Waals surface area contributed by atoms with Crippen molar-refractivity contribution in [3.8, 4) is 0 Å². The van der Waals surface area contributed by atoms with E-state index in [2.05, 4.69) is 22.5 Å². The third-order valence-corrected chi connectivity index (χ3v) is 4.43. The molecule has 1 aromatic rings. The summed E-state index contributed by atoms with van der Waals surface area (Å²) in [5.74, 6) is -0.277. The number of unbranched alkanes of at least 4 members (excludes halogenated alkanes) is 1. The molecule has 1 aliphatic rings. The first-order valence-corrected chi connectivity index (χ1v) is 8.38. The van der Waals surface area contributed by atoms with E-state index in [9.17, 15) is 14.9 Å². The molecule has 0 spiro atoms. The maximum atomic E-state index is 12.4. The van der Waals surface area contributed by atoms with Gasteiger partial charge in [0.05, 0.1) is 4.92 Å². The van der Waals surface area contributed by atoms with Crippen molar-refractivity contribution in [1.82, 2.24) is 10.3 Å². The Morgan fingerprint density at radius 2 is 2.26 bits per heavy atom. The third-order valence-electron chi connectivity index (χ3n) is 3.57. The first-order valence-electron chi connectivity index (χ1n) is 7.57. The van der Waals surface area contributed by atoms with E-state index < -0.39 is 4.92 Å².